The van der Waals surface area contributed by atoms with Crippen LogP contribution in [0.15, 0.2) is 156 Å². The first-order valence-electron chi connectivity index (χ1n) is 16.2. The Hall–Kier alpha value is -6.82. The summed E-state index contributed by atoms with van der Waals surface area (Å²) in [7, 11) is 0. The molecule has 0 aliphatic heterocycles. The zero-order valence-corrected chi connectivity index (χ0v) is 27.7. The van der Waals surface area contributed by atoms with Crippen LogP contribution in [-0.4, -0.2) is 17.7 Å². The highest BCUT2D eigenvalue weighted by Crippen LogP contribution is 2.49. The van der Waals surface area contributed by atoms with Crippen molar-refractivity contribution in [3.05, 3.63) is 193 Å². The van der Waals surface area contributed by atoms with Crippen LogP contribution in [0.5, 0.6) is 17.2 Å². The lowest BCUT2D eigenvalue weighted by Crippen LogP contribution is -2.38. The summed E-state index contributed by atoms with van der Waals surface area (Å²) in [6.45, 7) is -0.589. The molecule has 0 spiro atoms. The van der Waals surface area contributed by atoms with Crippen molar-refractivity contribution in [2.75, 3.05) is 6.54 Å². The molecule has 3 aromatic carbocycles. The Morgan fingerprint density at radius 3 is 1.17 bits per heavy atom. The van der Waals surface area contributed by atoms with Crippen molar-refractivity contribution in [2.24, 2.45) is 0 Å². The first-order valence-corrected chi connectivity index (χ1v) is 16.2. The van der Waals surface area contributed by atoms with E-state index in [1.807, 2.05) is 18.2 Å². The van der Waals surface area contributed by atoms with Crippen molar-refractivity contribution in [1.82, 2.24) is 5.32 Å². The summed E-state index contributed by atoms with van der Waals surface area (Å²) in [4.78, 5) is 53.0. The average Bonchev–Trinajstić information content (AvgIpc) is 3.16. The average molecular weight is 704 g/mol. The third kappa shape index (κ3) is 7.81. The SMILES string of the molecule is O=C(O)NCCC(c1occc(=O)c1OCc1ccccc1)(c1occc(=O)c1OCc1ccccc1)c1occc(=O)c1OCc1ccccc1. The minimum atomic E-state index is -2.10. The van der Waals surface area contributed by atoms with Crippen molar-refractivity contribution in [1.29, 1.82) is 0 Å². The van der Waals surface area contributed by atoms with Gasteiger partial charge < -0.3 is 37.9 Å². The van der Waals surface area contributed by atoms with Crippen molar-refractivity contribution < 1.29 is 37.4 Å². The molecule has 0 aliphatic rings. The predicted octanol–water partition coefficient (Wildman–Crippen LogP) is 6.28. The second-order valence-corrected chi connectivity index (χ2v) is 11.5. The number of hydrogen-bond acceptors (Lipinski definition) is 10. The van der Waals surface area contributed by atoms with E-state index in [0.29, 0.717) is 16.7 Å². The molecule has 0 bridgehead atoms. The highest BCUT2D eigenvalue weighted by molar-refractivity contribution is 5.64. The Morgan fingerprint density at radius 1 is 0.538 bits per heavy atom. The fourth-order valence-electron chi connectivity index (χ4n) is 5.70. The smallest absolute Gasteiger partial charge is 0.404 e. The van der Waals surface area contributed by atoms with Gasteiger partial charge in [0.2, 0.25) is 33.5 Å². The molecule has 1 amide bonds. The van der Waals surface area contributed by atoms with Gasteiger partial charge in [0.15, 0.2) is 22.7 Å². The van der Waals surface area contributed by atoms with Crippen LogP contribution < -0.4 is 35.8 Å². The zero-order chi connectivity index (χ0) is 36.3. The maximum absolute atomic E-state index is 13.7. The van der Waals surface area contributed by atoms with E-state index < -0.39 is 27.8 Å². The summed E-state index contributed by atoms with van der Waals surface area (Å²) in [5, 5.41) is 12.0. The van der Waals surface area contributed by atoms with Crippen molar-refractivity contribution in [3.63, 3.8) is 0 Å². The van der Waals surface area contributed by atoms with Crippen LogP contribution in [0.2, 0.25) is 0 Å². The highest BCUT2D eigenvalue weighted by atomic mass is 16.5. The zero-order valence-electron chi connectivity index (χ0n) is 27.7. The molecular weight excluding hydrogens is 670 g/mol. The molecule has 12 nitrogen and oxygen atoms in total. The van der Waals surface area contributed by atoms with Crippen molar-refractivity contribution in [2.45, 2.75) is 31.7 Å². The van der Waals surface area contributed by atoms with Gasteiger partial charge in [-0.1, -0.05) is 91.0 Å². The van der Waals surface area contributed by atoms with Crippen LogP contribution in [0.4, 0.5) is 4.79 Å². The minimum absolute atomic E-state index is 0.0850. The van der Waals surface area contributed by atoms with Gasteiger partial charge in [0, 0.05) is 24.7 Å². The second kappa shape index (κ2) is 16.3. The van der Waals surface area contributed by atoms with Gasteiger partial charge in [0.1, 0.15) is 19.8 Å². The molecule has 6 aromatic rings. The molecule has 0 unspecified atom stereocenters. The number of carbonyl (C=O) groups is 1. The number of amides is 1. The van der Waals surface area contributed by atoms with Crippen LogP contribution in [0.25, 0.3) is 0 Å². The Labute approximate surface area is 296 Å². The molecule has 12 heteroatoms. The minimum Gasteiger partial charge on any atom is -0.482 e. The summed E-state index contributed by atoms with van der Waals surface area (Å²) in [5.74, 6) is -1.74. The lowest BCUT2D eigenvalue weighted by Gasteiger charge is -2.33. The molecule has 264 valence electrons. The van der Waals surface area contributed by atoms with Gasteiger partial charge in [-0.05, 0) is 23.1 Å². The van der Waals surface area contributed by atoms with E-state index in [1.54, 1.807) is 72.8 Å². The fraction of sp³-hybridized carbons (Fsp3) is 0.150. The Morgan fingerprint density at radius 2 is 0.865 bits per heavy atom. The monoisotopic (exact) mass is 703 g/mol. The highest BCUT2D eigenvalue weighted by Gasteiger charge is 2.52. The van der Waals surface area contributed by atoms with E-state index in [1.165, 1.54) is 0 Å². The van der Waals surface area contributed by atoms with Gasteiger partial charge >= 0.3 is 6.09 Å². The van der Waals surface area contributed by atoms with Gasteiger partial charge in [0.25, 0.3) is 0 Å². The molecule has 0 radical (unpaired) electrons. The van der Waals surface area contributed by atoms with Crippen LogP contribution in [0.3, 0.4) is 0 Å². The second-order valence-electron chi connectivity index (χ2n) is 11.5. The quantitative estimate of drug-likeness (QED) is 0.124. The normalized spacial score (nSPS) is 11.1. The van der Waals surface area contributed by atoms with Crippen LogP contribution in [0, 0.1) is 0 Å². The summed E-state index contributed by atoms with van der Waals surface area (Å²) < 4.78 is 36.9. The third-order valence-electron chi connectivity index (χ3n) is 8.12. The van der Waals surface area contributed by atoms with E-state index >= 15 is 0 Å². The maximum atomic E-state index is 13.7. The standard InChI is InChI=1S/C40H33NO11/c42-30-16-21-47-36(33(30)50-24-27-10-4-1-5-11-27)40(19-20-41-39(45)46,37-34(31(43)17-22-48-37)51-25-28-12-6-2-7-13-28)38-35(32(44)18-23-49-38)52-26-29-14-8-3-9-15-29/h1-18,21-23,41H,19-20,24-26H2,(H,45,46). The lowest BCUT2D eigenvalue weighted by molar-refractivity contribution is 0.188. The van der Waals surface area contributed by atoms with Gasteiger partial charge in [-0.2, -0.15) is 0 Å². The summed E-state index contributed by atoms with van der Waals surface area (Å²) >= 11 is 0. The van der Waals surface area contributed by atoms with E-state index in [9.17, 15) is 24.3 Å². The fourth-order valence-corrected chi connectivity index (χ4v) is 5.70. The number of rotatable bonds is 15. The molecule has 3 heterocycles. The van der Waals surface area contributed by atoms with E-state index in [2.05, 4.69) is 5.32 Å². The van der Waals surface area contributed by atoms with Gasteiger partial charge in [0.05, 0.1) is 18.8 Å². The molecule has 0 saturated carbocycles. The summed E-state index contributed by atoms with van der Waals surface area (Å²) in [5.41, 5.74) is -1.83. The Kier molecular flexibility index (Phi) is 10.9. The summed E-state index contributed by atoms with van der Waals surface area (Å²) in [6, 6.07) is 30.5. The van der Waals surface area contributed by atoms with Crippen molar-refractivity contribution >= 4 is 6.09 Å². The van der Waals surface area contributed by atoms with Crippen LogP contribution in [0.1, 0.15) is 40.4 Å². The number of hydrogen-bond donors (Lipinski definition) is 2. The number of ether oxygens (including phenoxy) is 3. The van der Waals surface area contributed by atoms with E-state index in [0.717, 1.165) is 37.0 Å². The molecule has 6 rings (SSSR count). The Bertz CT molecular complexity index is 2040. The topological polar surface area (TPSA) is 168 Å². The van der Waals surface area contributed by atoms with Gasteiger partial charge in [-0.25, -0.2) is 4.79 Å². The van der Waals surface area contributed by atoms with E-state index in [4.69, 9.17) is 27.5 Å². The Balaban J connectivity index is 1.63. The van der Waals surface area contributed by atoms with Gasteiger partial charge in [-0.3, -0.25) is 14.4 Å². The molecular formula is C40H33NO11. The molecule has 3 aromatic heterocycles. The van der Waals surface area contributed by atoms with Crippen molar-refractivity contribution in [3.8, 4) is 17.2 Å². The molecule has 52 heavy (non-hydrogen) atoms. The predicted molar refractivity (Wildman–Crippen MR) is 188 cm³/mol. The first kappa shape index (κ1) is 35.0. The maximum Gasteiger partial charge on any atom is 0.404 e. The largest absolute Gasteiger partial charge is 0.482 e. The number of nitrogens with one attached hydrogen (secondary N) is 1. The number of carboxylic acid groups (broad SMARTS) is 1. The van der Waals surface area contributed by atoms with Gasteiger partial charge in [-0.15, -0.1) is 0 Å². The molecule has 0 saturated heterocycles. The van der Waals surface area contributed by atoms with Crippen LogP contribution in [-0.2, 0) is 25.2 Å². The lowest BCUT2D eigenvalue weighted by atomic mass is 9.74. The number of benzene rings is 3. The molecule has 0 fully saturated rings. The van der Waals surface area contributed by atoms with Crippen LogP contribution >= 0.6 is 0 Å². The molecule has 0 aliphatic carbocycles. The molecule has 2 N–H and O–H groups in total. The third-order valence-corrected chi connectivity index (χ3v) is 8.12. The van der Waals surface area contributed by atoms with E-state index in [-0.39, 0.29) is 67.3 Å². The first-order chi connectivity index (χ1) is 25.4. The molecule has 0 atom stereocenters. The summed E-state index contributed by atoms with van der Waals surface area (Å²) in [6.07, 6.45) is 1.63.